The molecule has 0 spiro atoms. The Labute approximate surface area is 83.1 Å². The average Bonchev–Trinajstić information content (AvgIpc) is 2.18. The van der Waals surface area contributed by atoms with Crippen molar-refractivity contribution in [2.24, 2.45) is 0 Å². The number of nitrogens with zero attached hydrogens (tertiary/aromatic N) is 1. The molecule has 4 nitrogen and oxygen atoms in total. The monoisotopic (exact) mass is 194 g/mol. The highest BCUT2D eigenvalue weighted by Gasteiger charge is 1.96. The zero-order chi connectivity index (χ0) is 10.2. The molecule has 14 heavy (non-hydrogen) atoms. The van der Waals surface area contributed by atoms with Crippen molar-refractivity contribution in [3.05, 3.63) is 40.4 Å². The maximum absolute atomic E-state index is 10.0. The molecular weight excluding hydrogens is 180 g/mol. The summed E-state index contributed by atoms with van der Waals surface area (Å²) in [5, 5.41) is 13.2. The number of benzene rings is 1. The SMILES string of the molecule is O=[N+]([O-])CCCCNc1ccccc1. The van der Waals surface area contributed by atoms with E-state index in [4.69, 9.17) is 0 Å². The van der Waals surface area contributed by atoms with E-state index in [1.807, 2.05) is 30.3 Å². The third-order valence-corrected chi connectivity index (χ3v) is 1.87. The van der Waals surface area contributed by atoms with Gasteiger partial charge in [-0.2, -0.15) is 0 Å². The molecule has 76 valence electrons. The molecule has 0 aromatic heterocycles. The topological polar surface area (TPSA) is 55.2 Å². The summed E-state index contributed by atoms with van der Waals surface area (Å²) in [5.74, 6) is 0. The lowest BCUT2D eigenvalue weighted by Gasteiger charge is -2.03. The van der Waals surface area contributed by atoms with Crippen LogP contribution in [0.3, 0.4) is 0 Å². The number of nitro groups is 1. The van der Waals surface area contributed by atoms with Crippen molar-refractivity contribution in [1.29, 1.82) is 0 Å². The fourth-order valence-corrected chi connectivity index (χ4v) is 1.15. The first-order valence-electron chi connectivity index (χ1n) is 4.70. The normalized spacial score (nSPS) is 9.71. The Hall–Kier alpha value is -1.58. The van der Waals surface area contributed by atoms with Gasteiger partial charge in [0.05, 0.1) is 0 Å². The summed E-state index contributed by atoms with van der Waals surface area (Å²) in [6.07, 6.45) is 1.46. The lowest BCUT2D eigenvalue weighted by Crippen LogP contribution is -2.05. The molecule has 0 fully saturated rings. The zero-order valence-electron chi connectivity index (χ0n) is 7.98. The van der Waals surface area contributed by atoms with Crippen molar-refractivity contribution in [2.75, 3.05) is 18.4 Å². The molecule has 0 unspecified atom stereocenters. The molecule has 0 atom stereocenters. The van der Waals surface area contributed by atoms with Crippen LogP contribution in [0.4, 0.5) is 5.69 Å². The van der Waals surface area contributed by atoms with Crippen molar-refractivity contribution in [3.8, 4) is 0 Å². The quantitative estimate of drug-likeness (QED) is 0.429. The van der Waals surface area contributed by atoms with Crippen molar-refractivity contribution in [1.82, 2.24) is 0 Å². The molecule has 0 bridgehead atoms. The van der Waals surface area contributed by atoms with Gasteiger partial charge >= 0.3 is 0 Å². The molecule has 0 saturated heterocycles. The molecule has 0 amide bonds. The van der Waals surface area contributed by atoms with Crippen LogP contribution >= 0.6 is 0 Å². The summed E-state index contributed by atoms with van der Waals surface area (Å²) in [5.41, 5.74) is 1.06. The fraction of sp³-hybridized carbons (Fsp3) is 0.400. The fourth-order valence-electron chi connectivity index (χ4n) is 1.15. The lowest BCUT2D eigenvalue weighted by atomic mass is 10.3. The highest BCUT2D eigenvalue weighted by Crippen LogP contribution is 2.04. The smallest absolute Gasteiger partial charge is 0.203 e. The molecule has 0 aliphatic rings. The largest absolute Gasteiger partial charge is 0.385 e. The van der Waals surface area contributed by atoms with E-state index >= 15 is 0 Å². The molecule has 1 rings (SSSR count). The standard InChI is InChI=1S/C10H14N2O2/c13-12(14)9-5-4-8-11-10-6-2-1-3-7-10/h1-3,6-7,11H,4-5,8-9H2. The Morgan fingerprint density at radius 1 is 1.21 bits per heavy atom. The van der Waals surface area contributed by atoms with Crippen LogP contribution in [0.5, 0.6) is 0 Å². The molecule has 0 saturated carbocycles. The molecule has 0 heterocycles. The Bertz CT molecular complexity index is 275. The molecule has 1 aromatic rings. The molecule has 1 N–H and O–H groups in total. The number of rotatable bonds is 6. The van der Waals surface area contributed by atoms with E-state index in [-0.39, 0.29) is 11.5 Å². The summed E-state index contributed by atoms with van der Waals surface area (Å²) in [4.78, 5) is 9.74. The van der Waals surface area contributed by atoms with Gasteiger partial charge in [-0.05, 0) is 18.6 Å². The summed E-state index contributed by atoms with van der Waals surface area (Å²) in [7, 11) is 0. The van der Waals surface area contributed by atoms with Crippen molar-refractivity contribution in [3.63, 3.8) is 0 Å². The predicted molar refractivity (Wildman–Crippen MR) is 56.0 cm³/mol. The molecular formula is C10H14N2O2. The van der Waals surface area contributed by atoms with Crippen LogP contribution in [0.1, 0.15) is 12.8 Å². The first-order chi connectivity index (χ1) is 6.79. The highest BCUT2D eigenvalue weighted by atomic mass is 16.6. The number of anilines is 1. The molecule has 0 aliphatic carbocycles. The van der Waals surface area contributed by atoms with Gasteiger partial charge in [-0.25, -0.2) is 0 Å². The molecule has 0 radical (unpaired) electrons. The summed E-state index contributed by atoms with van der Waals surface area (Å²) < 4.78 is 0. The second-order valence-electron chi connectivity index (χ2n) is 3.06. The van der Waals surface area contributed by atoms with Gasteiger partial charge in [0.2, 0.25) is 6.54 Å². The number of nitrogens with one attached hydrogen (secondary N) is 1. The van der Waals surface area contributed by atoms with E-state index in [0.29, 0.717) is 6.42 Å². The van der Waals surface area contributed by atoms with Gasteiger partial charge in [0.25, 0.3) is 0 Å². The van der Waals surface area contributed by atoms with Crippen molar-refractivity contribution in [2.45, 2.75) is 12.8 Å². The van der Waals surface area contributed by atoms with Crippen LogP contribution in [-0.4, -0.2) is 18.0 Å². The van der Waals surface area contributed by atoms with Crippen molar-refractivity contribution < 1.29 is 4.92 Å². The number of para-hydroxylation sites is 1. The van der Waals surface area contributed by atoms with Crippen LogP contribution in [0, 0.1) is 10.1 Å². The third-order valence-electron chi connectivity index (χ3n) is 1.87. The van der Waals surface area contributed by atoms with E-state index in [2.05, 4.69) is 5.32 Å². The molecule has 4 heteroatoms. The van der Waals surface area contributed by atoms with E-state index in [1.54, 1.807) is 0 Å². The summed E-state index contributed by atoms with van der Waals surface area (Å²) in [6.45, 7) is 0.855. The summed E-state index contributed by atoms with van der Waals surface area (Å²) >= 11 is 0. The van der Waals surface area contributed by atoms with Crippen LogP contribution in [0.2, 0.25) is 0 Å². The second-order valence-corrected chi connectivity index (χ2v) is 3.06. The van der Waals surface area contributed by atoms with E-state index < -0.39 is 0 Å². The predicted octanol–water partition coefficient (Wildman–Crippen LogP) is 2.16. The number of hydrogen-bond donors (Lipinski definition) is 1. The van der Waals surface area contributed by atoms with Gasteiger partial charge in [-0.1, -0.05) is 18.2 Å². The minimum absolute atomic E-state index is 0.0659. The van der Waals surface area contributed by atoms with E-state index in [0.717, 1.165) is 18.7 Å². The minimum Gasteiger partial charge on any atom is -0.385 e. The zero-order valence-corrected chi connectivity index (χ0v) is 7.98. The highest BCUT2D eigenvalue weighted by molar-refractivity contribution is 5.42. The van der Waals surface area contributed by atoms with E-state index in [1.165, 1.54) is 0 Å². The number of hydrogen-bond acceptors (Lipinski definition) is 3. The van der Waals surface area contributed by atoms with Gasteiger partial charge in [0, 0.05) is 23.6 Å². The Morgan fingerprint density at radius 3 is 2.57 bits per heavy atom. The van der Waals surface area contributed by atoms with Crippen LogP contribution in [-0.2, 0) is 0 Å². The Kier molecular flexibility index (Phi) is 4.47. The van der Waals surface area contributed by atoms with Crippen LogP contribution in [0.15, 0.2) is 30.3 Å². The Balaban J connectivity index is 2.08. The van der Waals surface area contributed by atoms with Gasteiger partial charge in [-0.15, -0.1) is 0 Å². The van der Waals surface area contributed by atoms with E-state index in [9.17, 15) is 10.1 Å². The average molecular weight is 194 g/mol. The number of unbranched alkanes of at least 4 members (excludes halogenated alkanes) is 1. The minimum atomic E-state index is -0.275. The van der Waals surface area contributed by atoms with Gasteiger partial charge in [-0.3, -0.25) is 10.1 Å². The second kappa shape index (κ2) is 5.96. The first-order valence-corrected chi connectivity index (χ1v) is 4.70. The van der Waals surface area contributed by atoms with Crippen LogP contribution in [0.25, 0.3) is 0 Å². The molecule has 0 aliphatic heterocycles. The molecule has 1 aromatic carbocycles. The maximum Gasteiger partial charge on any atom is 0.203 e. The van der Waals surface area contributed by atoms with Gasteiger partial charge in [0.15, 0.2) is 0 Å². The maximum atomic E-state index is 10.0. The Morgan fingerprint density at radius 2 is 1.93 bits per heavy atom. The lowest BCUT2D eigenvalue weighted by molar-refractivity contribution is -0.480. The first kappa shape index (κ1) is 10.5. The summed E-state index contributed by atoms with van der Waals surface area (Å²) in [6, 6.07) is 9.83. The van der Waals surface area contributed by atoms with Crippen molar-refractivity contribution >= 4 is 5.69 Å². The van der Waals surface area contributed by atoms with Gasteiger partial charge in [0.1, 0.15) is 0 Å². The van der Waals surface area contributed by atoms with Crippen LogP contribution < -0.4 is 5.32 Å². The third kappa shape index (κ3) is 4.45. The van der Waals surface area contributed by atoms with Gasteiger partial charge < -0.3 is 5.32 Å².